The number of nitrogens with zero attached hydrogens (tertiary/aromatic N) is 3. The van der Waals surface area contributed by atoms with Gasteiger partial charge in [-0.05, 0) is 36.3 Å². The highest BCUT2D eigenvalue weighted by atomic mass is 127. The van der Waals surface area contributed by atoms with Gasteiger partial charge in [0.25, 0.3) is 5.69 Å². The molecule has 0 amide bonds. The van der Waals surface area contributed by atoms with E-state index in [1.165, 1.54) is 29.9 Å². The zero-order chi connectivity index (χ0) is 17.5. The summed E-state index contributed by atoms with van der Waals surface area (Å²) in [4.78, 5) is 18.7. The van der Waals surface area contributed by atoms with Crippen LogP contribution in [-0.4, -0.2) is 35.4 Å². The molecule has 1 aromatic heterocycles. The van der Waals surface area contributed by atoms with Crippen LogP contribution in [0.1, 0.15) is 23.3 Å². The van der Waals surface area contributed by atoms with E-state index < -0.39 is 0 Å². The van der Waals surface area contributed by atoms with Crippen molar-refractivity contribution in [2.24, 2.45) is 4.99 Å². The second-order valence-corrected chi connectivity index (χ2v) is 7.05. The highest BCUT2D eigenvalue weighted by molar-refractivity contribution is 14.0. The van der Waals surface area contributed by atoms with E-state index >= 15 is 0 Å². The van der Waals surface area contributed by atoms with Crippen LogP contribution in [0.15, 0.2) is 46.8 Å². The third-order valence-corrected chi connectivity index (χ3v) is 5.13. The second-order valence-electron chi connectivity index (χ2n) is 6.01. The maximum atomic E-state index is 10.7. The van der Waals surface area contributed by atoms with Crippen LogP contribution >= 0.6 is 35.3 Å². The molecule has 1 N–H and O–H groups in total. The summed E-state index contributed by atoms with van der Waals surface area (Å²) in [6, 6.07) is 10.8. The molecular formula is C18H23IN4O2S. The van der Waals surface area contributed by atoms with Crippen molar-refractivity contribution in [1.29, 1.82) is 0 Å². The van der Waals surface area contributed by atoms with E-state index in [0.29, 0.717) is 6.54 Å². The standard InChI is InChI=1S/C18H22N4O2S.HI/c23-22(24)16-7-5-15(6-8-16)14-20-18(21-11-1-2-12-21)19-10-9-17-4-3-13-25-17;/h3-8,13H,1-2,9-12,14H2,(H,19,20);1H. The van der Waals surface area contributed by atoms with Gasteiger partial charge in [0.05, 0.1) is 11.5 Å². The Morgan fingerprint density at radius 1 is 1.23 bits per heavy atom. The summed E-state index contributed by atoms with van der Waals surface area (Å²) in [5.74, 6) is 0.937. The molecule has 0 aliphatic carbocycles. The number of nitrogens with one attached hydrogen (secondary N) is 1. The molecule has 0 atom stereocenters. The fourth-order valence-corrected chi connectivity index (χ4v) is 3.55. The second kappa shape index (κ2) is 10.5. The Morgan fingerprint density at radius 2 is 1.96 bits per heavy atom. The van der Waals surface area contributed by atoms with Gasteiger partial charge in [0, 0.05) is 36.6 Å². The van der Waals surface area contributed by atoms with Crippen LogP contribution in [0.5, 0.6) is 0 Å². The highest BCUT2D eigenvalue weighted by Gasteiger charge is 2.16. The maximum absolute atomic E-state index is 10.7. The zero-order valence-corrected chi connectivity index (χ0v) is 17.6. The first-order valence-corrected chi connectivity index (χ1v) is 9.39. The summed E-state index contributed by atoms with van der Waals surface area (Å²) >= 11 is 1.77. The van der Waals surface area contributed by atoms with Gasteiger partial charge in [0.15, 0.2) is 5.96 Å². The van der Waals surface area contributed by atoms with Crippen molar-refractivity contribution in [2.75, 3.05) is 19.6 Å². The number of aliphatic imine (C=N–C) groups is 1. The Kier molecular flexibility index (Phi) is 8.30. The molecule has 0 bridgehead atoms. The van der Waals surface area contributed by atoms with Crippen molar-refractivity contribution in [3.8, 4) is 0 Å². The lowest BCUT2D eigenvalue weighted by atomic mass is 10.2. The summed E-state index contributed by atoms with van der Waals surface area (Å²) in [5, 5.41) is 16.3. The number of thiophene rings is 1. The average molecular weight is 486 g/mol. The van der Waals surface area contributed by atoms with Crippen molar-refractivity contribution in [2.45, 2.75) is 25.8 Å². The van der Waals surface area contributed by atoms with Crippen molar-refractivity contribution in [1.82, 2.24) is 10.2 Å². The lowest BCUT2D eigenvalue weighted by molar-refractivity contribution is -0.384. The summed E-state index contributed by atoms with van der Waals surface area (Å²) in [6.07, 6.45) is 3.38. The number of hydrogen-bond donors (Lipinski definition) is 1. The van der Waals surface area contributed by atoms with Gasteiger partial charge >= 0.3 is 0 Å². The minimum Gasteiger partial charge on any atom is -0.356 e. The molecule has 26 heavy (non-hydrogen) atoms. The van der Waals surface area contributed by atoms with Gasteiger partial charge in [-0.2, -0.15) is 0 Å². The van der Waals surface area contributed by atoms with E-state index in [0.717, 1.165) is 37.6 Å². The highest BCUT2D eigenvalue weighted by Crippen LogP contribution is 2.14. The average Bonchev–Trinajstić information content (AvgIpc) is 3.32. The monoisotopic (exact) mass is 486 g/mol. The van der Waals surface area contributed by atoms with Crippen LogP contribution in [0.3, 0.4) is 0 Å². The molecule has 1 aliphatic rings. The number of nitro groups is 1. The van der Waals surface area contributed by atoms with Gasteiger partial charge in [-0.1, -0.05) is 18.2 Å². The Morgan fingerprint density at radius 3 is 2.58 bits per heavy atom. The molecule has 6 nitrogen and oxygen atoms in total. The number of rotatable bonds is 6. The van der Waals surface area contributed by atoms with Gasteiger partial charge in [-0.3, -0.25) is 10.1 Å². The number of halogens is 1. The van der Waals surface area contributed by atoms with Crippen LogP contribution in [0.25, 0.3) is 0 Å². The number of guanidine groups is 1. The first-order valence-electron chi connectivity index (χ1n) is 8.51. The fraction of sp³-hybridized carbons (Fsp3) is 0.389. The van der Waals surface area contributed by atoms with Gasteiger partial charge in [0.1, 0.15) is 0 Å². The van der Waals surface area contributed by atoms with E-state index in [1.807, 2.05) is 0 Å². The van der Waals surface area contributed by atoms with Crippen molar-refractivity contribution >= 4 is 47.0 Å². The van der Waals surface area contributed by atoms with E-state index in [2.05, 4.69) is 27.7 Å². The van der Waals surface area contributed by atoms with Crippen molar-refractivity contribution in [3.63, 3.8) is 0 Å². The van der Waals surface area contributed by atoms with E-state index in [-0.39, 0.29) is 34.6 Å². The summed E-state index contributed by atoms with van der Waals surface area (Å²) in [6.45, 7) is 3.45. The number of non-ortho nitro benzene ring substituents is 1. The minimum atomic E-state index is -0.380. The Bertz CT molecular complexity index is 713. The molecule has 0 radical (unpaired) electrons. The zero-order valence-electron chi connectivity index (χ0n) is 14.5. The van der Waals surface area contributed by atoms with E-state index in [9.17, 15) is 10.1 Å². The molecule has 0 unspecified atom stereocenters. The van der Waals surface area contributed by atoms with Crippen LogP contribution in [0.2, 0.25) is 0 Å². The van der Waals surface area contributed by atoms with Crippen LogP contribution in [0.4, 0.5) is 5.69 Å². The van der Waals surface area contributed by atoms with Gasteiger partial charge < -0.3 is 10.2 Å². The number of benzene rings is 1. The molecule has 1 saturated heterocycles. The fourth-order valence-electron chi connectivity index (χ4n) is 2.84. The minimum absolute atomic E-state index is 0. The molecule has 2 aromatic rings. The lowest BCUT2D eigenvalue weighted by Gasteiger charge is -2.21. The molecule has 3 rings (SSSR count). The van der Waals surface area contributed by atoms with Crippen LogP contribution in [0, 0.1) is 10.1 Å². The Balaban J connectivity index is 0.00000243. The van der Waals surface area contributed by atoms with Crippen LogP contribution in [-0.2, 0) is 13.0 Å². The first-order chi connectivity index (χ1) is 12.2. The molecule has 1 aromatic carbocycles. The molecule has 0 saturated carbocycles. The van der Waals surface area contributed by atoms with Crippen LogP contribution < -0.4 is 5.32 Å². The molecule has 140 valence electrons. The number of likely N-dealkylation sites (tertiary alicyclic amines) is 1. The molecule has 1 aliphatic heterocycles. The molecule has 8 heteroatoms. The Hall–Kier alpha value is -1.68. The summed E-state index contributed by atoms with van der Waals surface area (Å²) in [7, 11) is 0. The molecule has 0 spiro atoms. The normalized spacial score (nSPS) is 14.2. The maximum Gasteiger partial charge on any atom is 0.269 e. The number of nitro benzene ring substituents is 1. The SMILES string of the molecule is I.O=[N+]([O-])c1ccc(CN=C(NCCc2cccs2)N2CCCC2)cc1. The number of hydrogen-bond acceptors (Lipinski definition) is 4. The topological polar surface area (TPSA) is 70.8 Å². The van der Waals surface area contributed by atoms with Gasteiger partial charge in [0.2, 0.25) is 0 Å². The summed E-state index contributed by atoms with van der Waals surface area (Å²) < 4.78 is 0. The van der Waals surface area contributed by atoms with E-state index in [4.69, 9.17) is 4.99 Å². The predicted molar refractivity (Wildman–Crippen MR) is 116 cm³/mol. The largest absolute Gasteiger partial charge is 0.356 e. The molecular weight excluding hydrogens is 463 g/mol. The third-order valence-electron chi connectivity index (χ3n) is 4.20. The van der Waals surface area contributed by atoms with Gasteiger partial charge in [-0.25, -0.2) is 4.99 Å². The third kappa shape index (κ3) is 5.94. The Labute approximate surface area is 174 Å². The predicted octanol–water partition coefficient (Wildman–Crippen LogP) is 4.06. The van der Waals surface area contributed by atoms with Crippen molar-refractivity contribution in [3.05, 3.63) is 62.3 Å². The molecule has 2 heterocycles. The summed E-state index contributed by atoms with van der Waals surface area (Å²) in [5.41, 5.74) is 1.09. The quantitative estimate of drug-likeness (QED) is 0.220. The first kappa shape index (κ1) is 20.6. The van der Waals surface area contributed by atoms with Crippen molar-refractivity contribution < 1.29 is 4.92 Å². The molecule has 1 fully saturated rings. The lowest BCUT2D eigenvalue weighted by Crippen LogP contribution is -2.40. The van der Waals surface area contributed by atoms with Gasteiger partial charge in [-0.15, -0.1) is 35.3 Å². The van der Waals surface area contributed by atoms with E-state index in [1.54, 1.807) is 23.5 Å². The smallest absolute Gasteiger partial charge is 0.269 e.